The first kappa shape index (κ1) is 11.4. The van der Waals surface area contributed by atoms with E-state index < -0.39 is 0 Å². The maximum Gasteiger partial charge on any atom is 0.228 e. The van der Waals surface area contributed by atoms with Crippen LogP contribution in [-0.4, -0.2) is 36.6 Å². The minimum Gasteiger partial charge on any atom is -0.381 e. The van der Waals surface area contributed by atoms with Crippen LogP contribution in [0.3, 0.4) is 0 Å². The number of hydrogen-bond acceptors (Lipinski definition) is 3. The SMILES string of the molecule is N#CCCN(C(=O)C1CCCOC1)C1CC1. The van der Waals surface area contributed by atoms with Crippen molar-refractivity contribution in [3.8, 4) is 6.07 Å². The third kappa shape index (κ3) is 2.73. The first-order chi connectivity index (χ1) is 7.83. The molecule has 1 aliphatic heterocycles. The van der Waals surface area contributed by atoms with Gasteiger partial charge >= 0.3 is 0 Å². The Balaban J connectivity index is 1.90. The van der Waals surface area contributed by atoms with E-state index in [1.54, 1.807) is 0 Å². The molecule has 1 atom stereocenters. The molecule has 0 bridgehead atoms. The van der Waals surface area contributed by atoms with Crippen LogP contribution in [0.15, 0.2) is 0 Å². The Bertz CT molecular complexity index is 288. The van der Waals surface area contributed by atoms with Gasteiger partial charge in [-0.15, -0.1) is 0 Å². The zero-order valence-corrected chi connectivity index (χ0v) is 9.52. The molecule has 0 aromatic rings. The van der Waals surface area contributed by atoms with Gasteiger partial charge in [0.25, 0.3) is 0 Å². The van der Waals surface area contributed by atoms with Crippen molar-refractivity contribution in [1.82, 2.24) is 4.90 Å². The zero-order valence-electron chi connectivity index (χ0n) is 9.52. The van der Waals surface area contributed by atoms with E-state index in [2.05, 4.69) is 6.07 Å². The van der Waals surface area contributed by atoms with Crippen LogP contribution < -0.4 is 0 Å². The van der Waals surface area contributed by atoms with Gasteiger partial charge in [0, 0.05) is 19.2 Å². The summed E-state index contributed by atoms with van der Waals surface area (Å²) in [4.78, 5) is 14.1. The van der Waals surface area contributed by atoms with Gasteiger partial charge < -0.3 is 9.64 Å². The molecular weight excluding hydrogens is 204 g/mol. The minimum atomic E-state index is 0.0352. The summed E-state index contributed by atoms with van der Waals surface area (Å²) in [7, 11) is 0. The van der Waals surface area contributed by atoms with Crippen molar-refractivity contribution in [3.63, 3.8) is 0 Å². The number of carbonyl (C=O) groups excluding carboxylic acids is 1. The highest BCUT2D eigenvalue weighted by molar-refractivity contribution is 5.79. The van der Waals surface area contributed by atoms with Gasteiger partial charge in [-0.25, -0.2) is 0 Å². The summed E-state index contributed by atoms with van der Waals surface area (Å²) in [5.41, 5.74) is 0. The highest BCUT2D eigenvalue weighted by atomic mass is 16.5. The predicted octanol–water partition coefficient (Wildman–Crippen LogP) is 1.32. The molecule has 0 radical (unpaired) electrons. The van der Waals surface area contributed by atoms with Crippen LogP contribution in [0, 0.1) is 17.2 Å². The van der Waals surface area contributed by atoms with Gasteiger partial charge in [-0.05, 0) is 25.7 Å². The van der Waals surface area contributed by atoms with Crippen LogP contribution in [0.25, 0.3) is 0 Å². The van der Waals surface area contributed by atoms with E-state index >= 15 is 0 Å². The van der Waals surface area contributed by atoms with E-state index in [1.807, 2.05) is 4.90 Å². The Morgan fingerprint density at radius 2 is 2.25 bits per heavy atom. The highest BCUT2D eigenvalue weighted by Gasteiger charge is 2.35. The molecule has 1 heterocycles. The standard InChI is InChI=1S/C12H18N2O2/c13-6-2-7-14(11-4-5-11)12(15)10-3-1-8-16-9-10/h10-11H,1-5,7-9H2. The molecule has 4 heteroatoms. The average Bonchev–Trinajstić information content (AvgIpc) is 3.15. The minimum absolute atomic E-state index is 0.0352. The number of hydrogen-bond donors (Lipinski definition) is 0. The van der Waals surface area contributed by atoms with Crippen LogP contribution in [-0.2, 0) is 9.53 Å². The first-order valence-corrected chi connectivity index (χ1v) is 6.08. The summed E-state index contributed by atoms with van der Waals surface area (Å²) in [5, 5.41) is 8.60. The number of ether oxygens (including phenoxy) is 1. The van der Waals surface area contributed by atoms with Gasteiger partial charge in [0.15, 0.2) is 0 Å². The molecule has 2 fully saturated rings. The van der Waals surface area contributed by atoms with Crippen molar-refractivity contribution in [3.05, 3.63) is 0 Å². The summed E-state index contributed by atoms with van der Waals surface area (Å²) in [6.45, 7) is 1.94. The summed E-state index contributed by atoms with van der Waals surface area (Å²) >= 11 is 0. The third-order valence-corrected chi connectivity index (χ3v) is 3.24. The molecular formula is C12H18N2O2. The van der Waals surface area contributed by atoms with Crippen molar-refractivity contribution in [2.45, 2.75) is 38.1 Å². The fourth-order valence-electron chi connectivity index (χ4n) is 2.20. The van der Waals surface area contributed by atoms with Crippen molar-refractivity contribution in [2.75, 3.05) is 19.8 Å². The van der Waals surface area contributed by atoms with Gasteiger partial charge in [0.05, 0.1) is 25.0 Å². The number of nitrogens with zero attached hydrogens (tertiary/aromatic N) is 2. The second-order valence-corrected chi connectivity index (χ2v) is 4.58. The molecule has 0 N–H and O–H groups in total. The van der Waals surface area contributed by atoms with E-state index in [9.17, 15) is 4.79 Å². The van der Waals surface area contributed by atoms with Crippen LogP contribution in [0.5, 0.6) is 0 Å². The van der Waals surface area contributed by atoms with Crippen molar-refractivity contribution in [2.24, 2.45) is 5.92 Å². The zero-order chi connectivity index (χ0) is 11.4. The quantitative estimate of drug-likeness (QED) is 0.720. The van der Waals surface area contributed by atoms with Crippen molar-refractivity contribution < 1.29 is 9.53 Å². The lowest BCUT2D eigenvalue weighted by Gasteiger charge is -2.28. The Hall–Kier alpha value is -1.08. The largest absolute Gasteiger partial charge is 0.381 e. The summed E-state index contributed by atoms with van der Waals surface area (Å²) in [6, 6.07) is 2.52. The van der Waals surface area contributed by atoms with E-state index in [4.69, 9.17) is 10.00 Å². The number of amides is 1. The van der Waals surface area contributed by atoms with Crippen LogP contribution in [0.1, 0.15) is 32.1 Å². The fourth-order valence-corrected chi connectivity index (χ4v) is 2.20. The molecule has 0 aromatic carbocycles. The molecule has 88 valence electrons. The lowest BCUT2D eigenvalue weighted by molar-refractivity contribution is -0.140. The average molecular weight is 222 g/mol. The number of rotatable bonds is 4. The molecule has 1 amide bonds. The van der Waals surface area contributed by atoms with Crippen molar-refractivity contribution >= 4 is 5.91 Å². The van der Waals surface area contributed by atoms with Gasteiger partial charge in [0.1, 0.15) is 0 Å². The molecule has 2 aliphatic rings. The monoisotopic (exact) mass is 222 g/mol. The van der Waals surface area contributed by atoms with Gasteiger partial charge in [-0.1, -0.05) is 0 Å². The second-order valence-electron chi connectivity index (χ2n) is 4.58. The molecule has 16 heavy (non-hydrogen) atoms. The Morgan fingerprint density at radius 1 is 1.44 bits per heavy atom. The second kappa shape index (κ2) is 5.31. The molecule has 2 rings (SSSR count). The predicted molar refractivity (Wildman–Crippen MR) is 58.5 cm³/mol. The molecule has 1 unspecified atom stereocenters. The smallest absolute Gasteiger partial charge is 0.228 e. The van der Waals surface area contributed by atoms with Gasteiger partial charge in [-0.2, -0.15) is 5.26 Å². The molecule has 1 aliphatic carbocycles. The maximum atomic E-state index is 12.2. The molecule has 1 saturated heterocycles. The third-order valence-electron chi connectivity index (χ3n) is 3.24. The summed E-state index contributed by atoms with van der Waals surface area (Å²) < 4.78 is 5.35. The summed E-state index contributed by atoms with van der Waals surface area (Å²) in [6.07, 6.45) is 4.56. The van der Waals surface area contributed by atoms with E-state index in [0.29, 0.717) is 25.6 Å². The molecule has 4 nitrogen and oxygen atoms in total. The summed E-state index contributed by atoms with van der Waals surface area (Å²) in [5.74, 6) is 0.241. The normalized spacial score (nSPS) is 24.8. The topological polar surface area (TPSA) is 53.3 Å². The van der Waals surface area contributed by atoms with E-state index in [1.165, 1.54) is 0 Å². The molecule has 1 saturated carbocycles. The van der Waals surface area contributed by atoms with Gasteiger partial charge in [-0.3, -0.25) is 4.79 Å². The van der Waals surface area contributed by atoms with Gasteiger partial charge in [0.2, 0.25) is 5.91 Å². The highest BCUT2D eigenvalue weighted by Crippen LogP contribution is 2.29. The Labute approximate surface area is 96.2 Å². The van der Waals surface area contributed by atoms with Crippen LogP contribution in [0.4, 0.5) is 0 Å². The molecule has 0 aromatic heterocycles. The van der Waals surface area contributed by atoms with Crippen LogP contribution in [0.2, 0.25) is 0 Å². The van der Waals surface area contributed by atoms with E-state index in [-0.39, 0.29) is 11.8 Å². The lowest BCUT2D eigenvalue weighted by atomic mass is 10.0. The first-order valence-electron chi connectivity index (χ1n) is 6.08. The lowest BCUT2D eigenvalue weighted by Crippen LogP contribution is -2.41. The Morgan fingerprint density at radius 3 is 2.81 bits per heavy atom. The fraction of sp³-hybridized carbons (Fsp3) is 0.833. The van der Waals surface area contributed by atoms with E-state index in [0.717, 1.165) is 32.3 Å². The molecule has 0 spiro atoms. The maximum absolute atomic E-state index is 12.2. The van der Waals surface area contributed by atoms with Crippen LogP contribution >= 0.6 is 0 Å². The number of nitriles is 1. The number of carbonyl (C=O) groups is 1. The van der Waals surface area contributed by atoms with Crippen molar-refractivity contribution in [1.29, 1.82) is 5.26 Å². The Kier molecular flexibility index (Phi) is 3.79.